The van der Waals surface area contributed by atoms with E-state index in [9.17, 15) is 9.59 Å². The highest BCUT2D eigenvalue weighted by Crippen LogP contribution is 2.21. The van der Waals surface area contributed by atoms with Crippen molar-refractivity contribution in [3.63, 3.8) is 0 Å². The molecule has 0 aliphatic rings. The van der Waals surface area contributed by atoms with Crippen molar-refractivity contribution in [1.29, 1.82) is 0 Å². The van der Waals surface area contributed by atoms with Gasteiger partial charge in [0.1, 0.15) is 0 Å². The van der Waals surface area contributed by atoms with Crippen LogP contribution in [0.25, 0.3) is 10.9 Å². The van der Waals surface area contributed by atoms with Crippen molar-refractivity contribution in [2.75, 3.05) is 11.9 Å². The molecule has 3 N–H and O–H groups in total. The fourth-order valence-corrected chi connectivity index (χ4v) is 2.47. The zero-order valence-corrected chi connectivity index (χ0v) is 14.4. The number of anilines is 1. The Morgan fingerprint density at radius 2 is 1.96 bits per heavy atom. The first-order valence-electron chi connectivity index (χ1n) is 8.27. The standard InChI is InChI=1S/C18H25N3O3/c1-4-8-21-9-7-14-10-15(5-6-16(14)21)20-18(24)17(23)19-13(3)12(2)11-22/h5-7,9-10,12-13,22H,4,8,11H2,1-3H3,(H,19,23)(H,20,24). The second kappa shape index (κ2) is 7.97. The van der Waals surface area contributed by atoms with Crippen molar-refractivity contribution in [3.8, 4) is 0 Å². The lowest BCUT2D eigenvalue weighted by molar-refractivity contribution is -0.136. The molecule has 0 spiro atoms. The molecule has 0 saturated carbocycles. The summed E-state index contributed by atoms with van der Waals surface area (Å²) in [5.74, 6) is -1.53. The zero-order chi connectivity index (χ0) is 17.7. The molecule has 0 saturated heterocycles. The lowest BCUT2D eigenvalue weighted by Gasteiger charge is -2.18. The minimum atomic E-state index is -0.709. The van der Waals surface area contributed by atoms with Crippen molar-refractivity contribution in [2.45, 2.75) is 39.8 Å². The SMILES string of the molecule is CCCn1ccc2cc(NC(=O)C(=O)NC(C)C(C)CO)ccc21. The largest absolute Gasteiger partial charge is 0.396 e. The van der Waals surface area contributed by atoms with E-state index in [0.717, 1.165) is 23.9 Å². The number of amides is 2. The number of aliphatic hydroxyl groups is 1. The van der Waals surface area contributed by atoms with E-state index in [0.29, 0.717) is 5.69 Å². The number of fused-ring (bicyclic) bond motifs is 1. The summed E-state index contributed by atoms with van der Waals surface area (Å²) in [5.41, 5.74) is 1.68. The molecular weight excluding hydrogens is 306 g/mol. The molecule has 2 atom stereocenters. The molecular formula is C18H25N3O3. The molecule has 6 heteroatoms. The highest BCUT2D eigenvalue weighted by Gasteiger charge is 2.19. The van der Waals surface area contributed by atoms with Gasteiger partial charge in [-0.1, -0.05) is 13.8 Å². The summed E-state index contributed by atoms with van der Waals surface area (Å²) < 4.78 is 2.16. The van der Waals surface area contributed by atoms with Gasteiger partial charge in [-0.15, -0.1) is 0 Å². The van der Waals surface area contributed by atoms with Crippen LogP contribution in [0.5, 0.6) is 0 Å². The first-order chi connectivity index (χ1) is 11.5. The third kappa shape index (κ3) is 4.14. The molecule has 0 aliphatic carbocycles. The van der Waals surface area contributed by atoms with E-state index >= 15 is 0 Å². The van der Waals surface area contributed by atoms with Gasteiger partial charge in [-0.25, -0.2) is 0 Å². The maximum absolute atomic E-state index is 12.0. The second-order valence-electron chi connectivity index (χ2n) is 6.16. The van der Waals surface area contributed by atoms with Crippen molar-refractivity contribution in [1.82, 2.24) is 9.88 Å². The molecule has 2 rings (SSSR count). The molecule has 2 amide bonds. The number of nitrogens with zero attached hydrogens (tertiary/aromatic N) is 1. The lowest BCUT2D eigenvalue weighted by atomic mass is 10.1. The molecule has 130 valence electrons. The van der Waals surface area contributed by atoms with E-state index in [4.69, 9.17) is 5.11 Å². The van der Waals surface area contributed by atoms with Crippen LogP contribution in [0.4, 0.5) is 5.69 Å². The molecule has 1 aromatic heterocycles. The van der Waals surface area contributed by atoms with E-state index < -0.39 is 11.8 Å². The van der Waals surface area contributed by atoms with Crippen LogP contribution in [-0.2, 0) is 16.1 Å². The van der Waals surface area contributed by atoms with Crippen LogP contribution in [-0.4, -0.2) is 34.1 Å². The number of rotatable bonds is 6. The second-order valence-corrected chi connectivity index (χ2v) is 6.16. The Labute approximate surface area is 141 Å². The first-order valence-corrected chi connectivity index (χ1v) is 8.27. The summed E-state index contributed by atoms with van der Waals surface area (Å²) in [6.45, 7) is 6.58. The fraction of sp³-hybridized carbons (Fsp3) is 0.444. The topological polar surface area (TPSA) is 83.4 Å². The number of carbonyl (C=O) groups is 2. The number of hydrogen-bond acceptors (Lipinski definition) is 3. The van der Waals surface area contributed by atoms with Gasteiger partial charge in [0, 0.05) is 42.0 Å². The molecule has 24 heavy (non-hydrogen) atoms. The third-order valence-corrected chi connectivity index (χ3v) is 4.20. The van der Waals surface area contributed by atoms with Gasteiger partial charge in [0.2, 0.25) is 0 Å². The molecule has 0 fully saturated rings. The Balaban J connectivity index is 2.03. The Morgan fingerprint density at radius 1 is 1.21 bits per heavy atom. The molecule has 6 nitrogen and oxygen atoms in total. The molecule has 1 heterocycles. The summed E-state index contributed by atoms with van der Waals surface area (Å²) in [6, 6.07) is 7.30. The summed E-state index contributed by atoms with van der Waals surface area (Å²) in [5, 5.41) is 15.3. The van der Waals surface area contributed by atoms with Gasteiger partial charge in [0.15, 0.2) is 0 Å². The van der Waals surface area contributed by atoms with E-state index in [1.807, 2.05) is 24.4 Å². The van der Waals surface area contributed by atoms with E-state index in [1.54, 1.807) is 19.9 Å². The van der Waals surface area contributed by atoms with Crippen LogP contribution in [0.1, 0.15) is 27.2 Å². The number of aliphatic hydroxyl groups excluding tert-OH is 1. The zero-order valence-electron chi connectivity index (χ0n) is 14.4. The number of aromatic nitrogens is 1. The van der Waals surface area contributed by atoms with Crippen LogP contribution in [0.3, 0.4) is 0 Å². The molecule has 0 radical (unpaired) electrons. The number of aryl methyl sites for hydroxylation is 1. The molecule has 0 bridgehead atoms. The minimum Gasteiger partial charge on any atom is -0.396 e. The highest BCUT2D eigenvalue weighted by atomic mass is 16.3. The normalized spacial score (nSPS) is 13.5. The maximum Gasteiger partial charge on any atom is 0.313 e. The average Bonchev–Trinajstić information content (AvgIpc) is 2.96. The molecule has 0 aliphatic heterocycles. The van der Waals surface area contributed by atoms with Crippen LogP contribution in [0.2, 0.25) is 0 Å². The maximum atomic E-state index is 12.0. The Hall–Kier alpha value is -2.34. The van der Waals surface area contributed by atoms with Gasteiger partial charge in [-0.05, 0) is 43.5 Å². The van der Waals surface area contributed by atoms with Crippen LogP contribution in [0, 0.1) is 5.92 Å². The summed E-state index contributed by atoms with van der Waals surface area (Å²) in [4.78, 5) is 23.9. The van der Waals surface area contributed by atoms with E-state index in [1.165, 1.54) is 0 Å². The van der Waals surface area contributed by atoms with Gasteiger partial charge in [0.25, 0.3) is 0 Å². The molecule has 1 aromatic carbocycles. The number of benzene rings is 1. The summed E-state index contributed by atoms with van der Waals surface area (Å²) in [6.07, 6.45) is 3.07. The minimum absolute atomic E-state index is 0.0471. The summed E-state index contributed by atoms with van der Waals surface area (Å²) in [7, 11) is 0. The Morgan fingerprint density at radius 3 is 2.62 bits per heavy atom. The van der Waals surface area contributed by atoms with Gasteiger partial charge in [0.05, 0.1) is 0 Å². The quantitative estimate of drug-likeness (QED) is 0.709. The summed E-state index contributed by atoms with van der Waals surface area (Å²) >= 11 is 0. The van der Waals surface area contributed by atoms with Gasteiger partial charge in [-0.3, -0.25) is 9.59 Å². The molecule has 2 aromatic rings. The average molecular weight is 331 g/mol. The number of carbonyl (C=O) groups excluding carboxylic acids is 2. The van der Waals surface area contributed by atoms with Crippen molar-refractivity contribution < 1.29 is 14.7 Å². The fourth-order valence-electron chi connectivity index (χ4n) is 2.47. The first kappa shape index (κ1) is 18.0. The van der Waals surface area contributed by atoms with Gasteiger partial charge < -0.3 is 20.3 Å². The number of hydrogen-bond donors (Lipinski definition) is 3. The monoisotopic (exact) mass is 331 g/mol. The predicted octanol–water partition coefficient (Wildman–Crippen LogP) is 2.12. The van der Waals surface area contributed by atoms with Crippen molar-refractivity contribution in [2.24, 2.45) is 5.92 Å². The van der Waals surface area contributed by atoms with E-state index in [2.05, 4.69) is 22.1 Å². The Bertz CT molecular complexity index is 723. The van der Waals surface area contributed by atoms with Gasteiger partial charge >= 0.3 is 11.8 Å². The van der Waals surface area contributed by atoms with E-state index in [-0.39, 0.29) is 18.6 Å². The van der Waals surface area contributed by atoms with Crippen LogP contribution >= 0.6 is 0 Å². The van der Waals surface area contributed by atoms with Crippen molar-refractivity contribution >= 4 is 28.4 Å². The van der Waals surface area contributed by atoms with Crippen LogP contribution < -0.4 is 10.6 Å². The Kier molecular flexibility index (Phi) is 5.98. The number of nitrogens with one attached hydrogen (secondary N) is 2. The van der Waals surface area contributed by atoms with Crippen molar-refractivity contribution in [3.05, 3.63) is 30.5 Å². The molecule has 2 unspecified atom stereocenters. The highest BCUT2D eigenvalue weighted by molar-refractivity contribution is 6.39. The van der Waals surface area contributed by atoms with Gasteiger partial charge in [-0.2, -0.15) is 0 Å². The lowest BCUT2D eigenvalue weighted by Crippen LogP contribution is -2.43. The smallest absolute Gasteiger partial charge is 0.313 e. The predicted molar refractivity (Wildman–Crippen MR) is 94.7 cm³/mol. The third-order valence-electron chi connectivity index (χ3n) is 4.20. The van der Waals surface area contributed by atoms with Crippen LogP contribution in [0.15, 0.2) is 30.5 Å².